The molecule has 0 saturated heterocycles. The lowest BCUT2D eigenvalue weighted by molar-refractivity contribution is 0.452. The predicted molar refractivity (Wildman–Crippen MR) is 78.4 cm³/mol. The molecule has 1 aliphatic carbocycles. The highest BCUT2D eigenvalue weighted by Gasteiger charge is 2.28. The number of benzene rings is 1. The van der Waals surface area contributed by atoms with Crippen molar-refractivity contribution in [3.05, 3.63) is 57.3 Å². The summed E-state index contributed by atoms with van der Waals surface area (Å²) in [6, 6.07) is 9.35. The van der Waals surface area contributed by atoms with Gasteiger partial charge in [-0.1, -0.05) is 24.3 Å². The van der Waals surface area contributed by atoms with E-state index < -0.39 is 0 Å². The van der Waals surface area contributed by atoms with Crippen LogP contribution >= 0.6 is 11.3 Å². The standard InChI is InChI=1S/C16H19NS/c1-11-9-18-10-15(11)16(17-2)8-13-7-12-5-3-4-6-14(12)13/h3-6,9-10,13,16-17H,7-8H2,1-2H3. The monoisotopic (exact) mass is 257 g/mol. The maximum Gasteiger partial charge on any atom is 0.0334 e. The lowest BCUT2D eigenvalue weighted by Gasteiger charge is -2.33. The molecule has 3 rings (SSSR count). The van der Waals surface area contributed by atoms with Crippen molar-refractivity contribution in [1.82, 2.24) is 5.32 Å². The Morgan fingerprint density at radius 3 is 2.83 bits per heavy atom. The van der Waals surface area contributed by atoms with Crippen LogP contribution in [0.5, 0.6) is 0 Å². The first-order valence-electron chi connectivity index (χ1n) is 6.57. The fraction of sp³-hybridized carbons (Fsp3) is 0.375. The molecule has 0 radical (unpaired) electrons. The first kappa shape index (κ1) is 11.9. The molecule has 0 bridgehead atoms. The third kappa shape index (κ3) is 2.00. The molecule has 1 N–H and O–H groups in total. The Hall–Kier alpha value is -1.12. The Bertz CT molecular complexity index is 544. The molecule has 1 nitrogen and oxygen atoms in total. The second kappa shape index (κ2) is 4.87. The molecule has 2 aromatic rings. The molecule has 0 aliphatic heterocycles. The Morgan fingerprint density at radius 2 is 2.17 bits per heavy atom. The third-order valence-corrected chi connectivity index (χ3v) is 4.98. The molecule has 1 aliphatic rings. The third-order valence-electron chi connectivity index (χ3n) is 4.10. The van der Waals surface area contributed by atoms with E-state index >= 15 is 0 Å². The zero-order chi connectivity index (χ0) is 12.5. The minimum Gasteiger partial charge on any atom is -0.313 e. The van der Waals surface area contributed by atoms with Crippen molar-refractivity contribution in [1.29, 1.82) is 0 Å². The Kier molecular flexibility index (Phi) is 3.23. The molecule has 0 saturated carbocycles. The first-order chi connectivity index (χ1) is 8.79. The summed E-state index contributed by atoms with van der Waals surface area (Å²) < 4.78 is 0. The molecular weight excluding hydrogens is 238 g/mol. The fourth-order valence-electron chi connectivity index (χ4n) is 2.99. The van der Waals surface area contributed by atoms with Gasteiger partial charge in [0.05, 0.1) is 0 Å². The number of hydrogen-bond donors (Lipinski definition) is 1. The molecule has 0 amide bonds. The Balaban J connectivity index is 1.76. The number of thiophene rings is 1. The molecule has 94 valence electrons. The fourth-order valence-corrected chi connectivity index (χ4v) is 3.89. The van der Waals surface area contributed by atoms with Crippen LogP contribution in [0.15, 0.2) is 35.0 Å². The summed E-state index contributed by atoms with van der Waals surface area (Å²) in [5, 5.41) is 8.02. The van der Waals surface area contributed by atoms with Gasteiger partial charge in [-0.05, 0) is 65.7 Å². The molecule has 2 unspecified atom stereocenters. The highest BCUT2D eigenvalue weighted by atomic mass is 32.1. The van der Waals surface area contributed by atoms with Gasteiger partial charge in [0, 0.05) is 6.04 Å². The van der Waals surface area contributed by atoms with Crippen LogP contribution in [0.2, 0.25) is 0 Å². The highest BCUT2D eigenvalue weighted by Crippen LogP contribution is 2.41. The number of fused-ring (bicyclic) bond motifs is 1. The average Bonchev–Trinajstić information content (AvgIpc) is 2.77. The highest BCUT2D eigenvalue weighted by molar-refractivity contribution is 7.08. The lowest BCUT2D eigenvalue weighted by atomic mass is 9.74. The van der Waals surface area contributed by atoms with E-state index in [1.807, 2.05) is 11.3 Å². The first-order valence-corrected chi connectivity index (χ1v) is 7.51. The maximum atomic E-state index is 3.48. The summed E-state index contributed by atoms with van der Waals surface area (Å²) in [5.74, 6) is 0.734. The van der Waals surface area contributed by atoms with Crippen LogP contribution in [0.1, 0.15) is 40.6 Å². The molecule has 18 heavy (non-hydrogen) atoms. The van der Waals surface area contributed by atoms with Gasteiger partial charge in [0.15, 0.2) is 0 Å². The van der Waals surface area contributed by atoms with Crippen LogP contribution in [-0.2, 0) is 6.42 Å². The topological polar surface area (TPSA) is 12.0 Å². The number of rotatable bonds is 4. The van der Waals surface area contributed by atoms with E-state index in [1.165, 1.54) is 24.0 Å². The summed E-state index contributed by atoms with van der Waals surface area (Å²) >= 11 is 1.81. The van der Waals surface area contributed by atoms with E-state index in [9.17, 15) is 0 Å². The molecule has 1 aromatic carbocycles. The quantitative estimate of drug-likeness (QED) is 0.871. The van der Waals surface area contributed by atoms with Crippen molar-refractivity contribution in [3.63, 3.8) is 0 Å². The van der Waals surface area contributed by atoms with Crippen molar-refractivity contribution in [2.24, 2.45) is 0 Å². The number of nitrogens with one attached hydrogen (secondary N) is 1. The maximum absolute atomic E-state index is 3.48. The zero-order valence-corrected chi connectivity index (χ0v) is 11.8. The van der Waals surface area contributed by atoms with Gasteiger partial charge in [0.1, 0.15) is 0 Å². The SMILES string of the molecule is CNC(CC1Cc2ccccc21)c1cscc1C. The van der Waals surface area contributed by atoms with Gasteiger partial charge in [-0.2, -0.15) is 11.3 Å². The Morgan fingerprint density at radius 1 is 1.33 bits per heavy atom. The minimum atomic E-state index is 0.495. The number of aryl methyl sites for hydroxylation is 1. The average molecular weight is 257 g/mol. The molecule has 2 heteroatoms. The van der Waals surface area contributed by atoms with Crippen LogP contribution in [0.25, 0.3) is 0 Å². The van der Waals surface area contributed by atoms with Crippen molar-refractivity contribution >= 4 is 11.3 Å². The summed E-state index contributed by atoms with van der Waals surface area (Å²) in [7, 11) is 2.08. The van der Waals surface area contributed by atoms with Crippen molar-refractivity contribution in [3.8, 4) is 0 Å². The van der Waals surface area contributed by atoms with Crippen molar-refractivity contribution in [2.45, 2.75) is 31.7 Å². The lowest BCUT2D eigenvalue weighted by Crippen LogP contribution is -2.25. The smallest absolute Gasteiger partial charge is 0.0334 e. The zero-order valence-electron chi connectivity index (χ0n) is 10.9. The molecular formula is C16H19NS. The van der Waals surface area contributed by atoms with E-state index in [-0.39, 0.29) is 0 Å². The van der Waals surface area contributed by atoms with Gasteiger partial charge in [0.25, 0.3) is 0 Å². The van der Waals surface area contributed by atoms with Gasteiger partial charge in [0.2, 0.25) is 0 Å². The summed E-state index contributed by atoms with van der Waals surface area (Å²) in [6.07, 6.45) is 2.46. The van der Waals surface area contributed by atoms with Crippen molar-refractivity contribution < 1.29 is 0 Å². The molecule has 2 atom stereocenters. The van der Waals surface area contributed by atoms with Crippen LogP contribution in [-0.4, -0.2) is 7.05 Å². The van der Waals surface area contributed by atoms with Gasteiger partial charge in [-0.3, -0.25) is 0 Å². The van der Waals surface area contributed by atoms with Gasteiger partial charge in [-0.15, -0.1) is 0 Å². The molecule has 1 aromatic heterocycles. The molecule has 1 heterocycles. The van der Waals surface area contributed by atoms with E-state index in [1.54, 1.807) is 11.1 Å². The van der Waals surface area contributed by atoms with E-state index in [4.69, 9.17) is 0 Å². The van der Waals surface area contributed by atoms with E-state index in [0.29, 0.717) is 6.04 Å². The van der Waals surface area contributed by atoms with E-state index in [2.05, 4.69) is 54.3 Å². The van der Waals surface area contributed by atoms with Crippen LogP contribution in [0, 0.1) is 6.92 Å². The second-order valence-corrected chi connectivity index (χ2v) is 5.93. The minimum absolute atomic E-state index is 0.495. The van der Waals surface area contributed by atoms with Crippen molar-refractivity contribution in [2.75, 3.05) is 7.05 Å². The van der Waals surface area contributed by atoms with Gasteiger partial charge >= 0.3 is 0 Å². The summed E-state index contributed by atoms with van der Waals surface area (Å²) in [4.78, 5) is 0. The summed E-state index contributed by atoms with van der Waals surface area (Å²) in [6.45, 7) is 2.21. The Labute approximate surface area is 113 Å². The largest absolute Gasteiger partial charge is 0.313 e. The van der Waals surface area contributed by atoms with Crippen LogP contribution in [0.4, 0.5) is 0 Å². The van der Waals surface area contributed by atoms with Crippen LogP contribution in [0.3, 0.4) is 0 Å². The number of hydrogen-bond acceptors (Lipinski definition) is 2. The van der Waals surface area contributed by atoms with Gasteiger partial charge < -0.3 is 5.32 Å². The molecule has 0 spiro atoms. The van der Waals surface area contributed by atoms with Crippen LogP contribution < -0.4 is 5.32 Å². The normalized spacial score (nSPS) is 19.1. The predicted octanol–water partition coefficient (Wildman–Crippen LogP) is 4.05. The second-order valence-electron chi connectivity index (χ2n) is 5.19. The summed E-state index contributed by atoms with van der Waals surface area (Å²) in [5.41, 5.74) is 6.00. The molecule has 0 fully saturated rings. The van der Waals surface area contributed by atoms with E-state index in [0.717, 1.165) is 5.92 Å². The van der Waals surface area contributed by atoms with Gasteiger partial charge in [-0.25, -0.2) is 0 Å².